The van der Waals surface area contributed by atoms with E-state index in [0.717, 1.165) is 16.9 Å². The summed E-state index contributed by atoms with van der Waals surface area (Å²) in [6.45, 7) is 3.69. The Morgan fingerprint density at radius 1 is 1.12 bits per heavy atom. The molecule has 0 saturated carbocycles. The second-order valence-corrected chi connectivity index (χ2v) is 7.49. The lowest BCUT2D eigenvalue weighted by Crippen LogP contribution is -2.29. The third kappa shape index (κ3) is 5.24. The minimum absolute atomic E-state index is 0.267. The van der Waals surface area contributed by atoms with Crippen molar-refractivity contribution in [3.63, 3.8) is 0 Å². The molecule has 4 aromatic rings. The zero-order chi connectivity index (χ0) is 23.9. The van der Waals surface area contributed by atoms with E-state index in [1.165, 1.54) is 4.57 Å². The number of H-pyrrole nitrogens is 1. The van der Waals surface area contributed by atoms with Crippen molar-refractivity contribution < 1.29 is 9.47 Å². The van der Waals surface area contributed by atoms with Gasteiger partial charge < -0.3 is 14.0 Å². The number of aromatic nitrogens is 4. The molecule has 0 fully saturated rings. The van der Waals surface area contributed by atoms with Crippen molar-refractivity contribution >= 4 is 23.3 Å². The number of nitrogens with zero attached hydrogens (tertiary/aromatic N) is 4. The highest BCUT2D eigenvalue weighted by Crippen LogP contribution is 2.16. The largest absolute Gasteiger partial charge is 0.489 e. The normalized spacial score (nSPS) is 11.4. The molecule has 0 aliphatic heterocycles. The Balaban J connectivity index is 1.49. The molecule has 2 N–H and O–H groups in total. The topological polar surface area (TPSA) is 116 Å². The Hall–Kier alpha value is -4.18. The van der Waals surface area contributed by atoms with Crippen LogP contribution in [0.3, 0.4) is 0 Å². The molecule has 0 aliphatic rings. The van der Waals surface area contributed by atoms with E-state index in [9.17, 15) is 9.59 Å². The van der Waals surface area contributed by atoms with Gasteiger partial charge in [0.2, 0.25) is 5.95 Å². The van der Waals surface area contributed by atoms with Crippen LogP contribution in [0.2, 0.25) is 0 Å². The molecule has 0 saturated heterocycles. The molecule has 10 heteroatoms. The summed E-state index contributed by atoms with van der Waals surface area (Å²) in [6, 6.07) is 17.5. The molecule has 0 radical (unpaired) electrons. The average molecular weight is 463 g/mol. The Bertz CT molecular complexity index is 1390. The maximum absolute atomic E-state index is 12.4. The fourth-order valence-electron chi connectivity index (χ4n) is 3.39. The molecule has 0 unspecified atom stereocenters. The van der Waals surface area contributed by atoms with Crippen LogP contribution in [0.4, 0.5) is 5.95 Å². The summed E-state index contributed by atoms with van der Waals surface area (Å²) in [5.41, 5.74) is 4.33. The van der Waals surface area contributed by atoms with Gasteiger partial charge in [-0.05, 0) is 42.3 Å². The monoisotopic (exact) mass is 462 g/mol. The maximum atomic E-state index is 12.4. The standard InChI is InChI=1S/C24H26N6O4/c1-3-33-14-13-30-20-21(29(2)24(32)27-22(20)31)26-23(30)28-25-15-17-9-11-19(12-10-17)34-16-18-7-5-4-6-8-18/h4-12,15H,3,13-14,16H2,1-2H3,(H,26,28)(H,27,31,32). The van der Waals surface area contributed by atoms with Gasteiger partial charge in [-0.15, -0.1) is 0 Å². The molecule has 34 heavy (non-hydrogen) atoms. The quantitative estimate of drug-likeness (QED) is 0.213. The summed E-state index contributed by atoms with van der Waals surface area (Å²) in [5.74, 6) is 1.09. The van der Waals surface area contributed by atoms with E-state index in [0.29, 0.717) is 32.3 Å². The molecule has 10 nitrogen and oxygen atoms in total. The van der Waals surface area contributed by atoms with Gasteiger partial charge in [0, 0.05) is 20.2 Å². The number of rotatable bonds is 10. The molecule has 176 valence electrons. The van der Waals surface area contributed by atoms with E-state index in [2.05, 4.69) is 20.5 Å². The zero-order valence-corrected chi connectivity index (χ0v) is 19.0. The lowest BCUT2D eigenvalue weighted by molar-refractivity contribution is 0.140. The van der Waals surface area contributed by atoms with Crippen molar-refractivity contribution in [1.29, 1.82) is 0 Å². The summed E-state index contributed by atoms with van der Waals surface area (Å²) in [4.78, 5) is 31.1. The minimum Gasteiger partial charge on any atom is -0.489 e. The van der Waals surface area contributed by atoms with Crippen LogP contribution in [0, 0.1) is 0 Å². The van der Waals surface area contributed by atoms with Crippen LogP contribution in [0.15, 0.2) is 69.3 Å². The zero-order valence-electron chi connectivity index (χ0n) is 19.0. The number of fused-ring (bicyclic) bond motifs is 1. The Morgan fingerprint density at radius 2 is 1.88 bits per heavy atom. The second-order valence-electron chi connectivity index (χ2n) is 7.49. The highest BCUT2D eigenvalue weighted by Gasteiger charge is 2.17. The van der Waals surface area contributed by atoms with Crippen LogP contribution in [-0.2, 0) is 24.9 Å². The lowest BCUT2D eigenvalue weighted by Gasteiger charge is -2.08. The molecule has 0 atom stereocenters. The number of nitrogens with one attached hydrogen (secondary N) is 2. The number of benzene rings is 2. The van der Waals surface area contributed by atoms with E-state index in [-0.39, 0.29) is 11.2 Å². The van der Waals surface area contributed by atoms with E-state index < -0.39 is 11.2 Å². The van der Waals surface area contributed by atoms with Crippen LogP contribution >= 0.6 is 0 Å². The summed E-state index contributed by atoms with van der Waals surface area (Å²) in [7, 11) is 1.55. The fraction of sp³-hybridized carbons (Fsp3) is 0.250. The lowest BCUT2D eigenvalue weighted by atomic mass is 10.2. The van der Waals surface area contributed by atoms with Gasteiger partial charge in [0.25, 0.3) is 5.56 Å². The molecule has 0 amide bonds. The molecule has 0 aliphatic carbocycles. The summed E-state index contributed by atoms with van der Waals surface area (Å²) >= 11 is 0. The van der Waals surface area contributed by atoms with E-state index in [4.69, 9.17) is 9.47 Å². The van der Waals surface area contributed by atoms with Crippen LogP contribution < -0.4 is 21.4 Å². The van der Waals surface area contributed by atoms with Gasteiger partial charge >= 0.3 is 5.69 Å². The molecule has 2 aromatic carbocycles. The Morgan fingerprint density at radius 3 is 2.62 bits per heavy atom. The Labute approximate surface area is 195 Å². The van der Waals surface area contributed by atoms with Crippen molar-refractivity contribution in [2.24, 2.45) is 12.1 Å². The minimum atomic E-state index is -0.531. The van der Waals surface area contributed by atoms with Crippen LogP contribution in [0.5, 0.6) is 5.75 Å². The molecule has 4 rings (SSSR count). The predicted molar refractivity (Wildman–Crippen MR) is 131 cm³/mol. The molecule has 2 aromatic heterocycles. The first-order chi connectivity index (χ1) is 16.6. The van der Waals surface area contributed by atoms with Gasteiger partial charge in [-0.25, -0.2) is 10.2 Å². The number of imidazole rings is 1. The molecule has 2 heterocycles. The van der Waals surface area contributed by atoms with Crippen molar-refractivity contribution in [3.05, 3.63) is 86.6 Å². The number of hydrogen-bond donors (Lipinski definition) is 2. The summed E-state index contributed by atoms with van der Waals surface area (Å²) < 4.78 is 14.2. The van der Waals surface area contributed by atoms with Crippen molar-refractivity contribution in [3.8, 4) is 5.75 Å². The number of ether oxygens (including phenoxy) is 2. The van der Waals surface area contributed by atoms with Gasteiger partial charge in [-0.1, -0.05) is 30.3 Å². The van der Waals surface area contributed by atoms with Crippen molar-refractivity contribution in [1.82, 2.24) is 19.1 Å². The molecule has 0 spiro atoms. The number of aromatic amines is 1. The van der Waals surface area contributed by atoms with Gasteiger partial charge in [0.05, 0.1) is 12.8 Å². The average Bonchev–Trinajstić information content (AvgIpc) is 3.22. The number of anilines is 1. The molecule has 0 bridgehead atoms. The van der Waals surface area contributed by atoms with E-state index in [1.54, 1.807) is 17.8 Å². The van der Waals surface area contributed by atoms with E-state index >= 15 is 0 Å². The fourth-order valence-corrected chi connectivity index (χ4v) is 3.39. The first-order valence-corrected chi connectivity index (χ1v) is 10.9. The predicted octanol–water partition coefficient (Wildman–Crippen LogP) is 2.48. The third-order valence-corrected chi connectivity index (χ3v) is 5.18. The number of hydrogen-bond acceptors (Lipinski definition) is 7. The number of aryl methyl sites for hydroxylation is 1. The SMILES string of the molecule is CCOCCn1c(NN=Cc2ccc(OCc3ccccc3)cc2)nc2c1c(=O)[nH]c(=O)n2C. The summed E-state index contributed by atoms with van der Waals surface area (Å²) in [5, 5.41) is 4.26. The highest BCUT2D eigenvalue weighted by atomic mass is 16.5. The van der Waals surface area contributed by atoms with Gasteiger partial charge in [0.15, 0.2) is 11.2 Å². The first kappa shape index (κ1) is 23.0. The summed E-state index contributed by atoms with van der Waals surface area (Å²) in [6.07, 6.45) is 1.64. The van der Waals surface area contributed by atoms with Gasteiger partial charge in [0.1, 0.15) is 12.4 Å². The first-order valence-electron chi connectivity index (χ1n) is 10.9. The maximum Gasteiger partial charge on any atom is 0.329 e. The highest BCUT2D eigenvalue weighted by molar-refractivity contribution is 5.80. The number of hydrazone groups is 1. The smallest absolute Gasteiger partial charge is 0.329 e. The second kappa shape index (κ2) is 10.6. The van der Waals surface area contributed by atoms with Crippen molar-refractivity contribution in [2.45, 2.75) is 20.1 Å². The van der Waals surface area contributed by atoms with Gasteiger partial charge in [-0.2, -0.15) is 10.1 Å². The molecular weight excluding hydrogens is 436 g/mol. The van der Waals surface area contributed by atoms with Gasteiger partial charge in [-0.3, -0.25) is 14.3 Å². The van der Waals surface area contributed by atoms with Crippen molar-refractivity contribution in [2.75, 3.05) is 18.6 Å². The third-order valence-electron chi connectivity index (χ3n) is 5.18. The van der Waals surface area contributed by atoms with E-state index in [1.807, 2.05) is 61.5 Å². The Kier molecular flexibility index (Phi) is 7.19. The van der Waals surface area contributed by atoms with Crippen LogP contribution in [0.25, 0.3) is 11.2 Å². The molecular formula is C24H26N6O4. The van der Waals surface area contributed by atoms with Crippen LogP contribution in [0.1, 0.15) is 18.1 Å². The van der Waals surface area contributed by atoms with Crippen LogP contribution in [-0.4, -0.2) is 38.5 Å².